The van der Waals surface area contributed by atoms with Crippen LogP contribution in [-0.2, 0) is 9.57 Å². The Kier molecular flexibility index (Phi) is 6.65. The van der Waals surface area contributed by atoms with E-state index in [1.54, 1.807) is 17.0 Å². The van der Waals surface area contributed by atoms with Crippen molar-refractivity contribution in [2.24, 2.45) is 5.16 Å². The number of nitrogens with two attached hydrogens (primary N) is 1. The standard InChI is InChI=1S/C22H32FN3O3/c1-22(2,3)28-21(27)26-12-10-18(11-13-26)29-25-17-7-4-15(5-8-17)19-9-6-16(24)14-20(19)23/h6,9,14-15,18H,4-5,7-8,10-13,24H2,1-3H3. The summed E-state index contributed by atoms with van der Waals surface area (Å²) < 4.78 is 19.5. The Morgan fingerprint density at radius 2 is 1.83 bits per heavy atom. The minimum absolute atomic E-state index is 0.0217. The fourth-order valence-corrected chi connectivity index (χ4v) is 3.85. The second-order valence-corrected chi connectivity index (χ2v) is 8.98. The zero-order chi connectivity index (χ0) is 21.0. The van der Waals surface area contributed by atoms with Gasteiger partial charge in [-0.15, -0.1) is 0 Å². The van der Waals surface area contributed by atoms with Gasteiger partial charge in [0.1, 0.15) is 17.5 Å². The summed E-state index contributed by atoms with van der Waals surface area (Å²) >= 11 is 0. The van der Waals surface area contributed by atoms with Gasteiger partial charge in [0.2, 0.25) is 0 Å². The number of piperidine rings is 1. The van der Waals surface area contributed by atoms with Crippen LogP contribution in [0, 0.1) is 5.82 Å². The van der Waals surface area contributed by atoms with Crippen LogP contribution in [0.15, 0.2) is 23.4 Å². The van der Waals surface area contributed by atoms with E-state index < -0.39 is 5.60 Å². The minimum atomic E-state index is -0.482. The molecule has 1 aromatic carbocycles. The highest BCUT2D eigenvalue weighted by Gasteiger charge is 2.28. The molecule has 0 atom stereocenters. The van der Waals surface area contributed by atoms with Crippen molar-refractivity contribution in [1.29, 1.82) is 0 Å². The predicted molar refractivity (Wildman–Crippen MR) is 111 cm³/mol. The number of carbonyl (C=O) groups is 1. The lowest BCUT2D eigenvalue weighted by molar-refractivity contribution is -0.0103. The normalized spacial score (nSPS) is 21.0. The fraction of sp³-hybridized carbons (Fsp3) is 0.636. The lowest BCUT2D eigenvalue weighted by atomic mass is 9.83. The molecule has 1 saturated heterocycles. The average molecular weight is 406 g/mol. The zero-order valence-electron chi connectivity index (χ0n) is 17.6. The highest BCUT2D eigenvalue weighted by molar-refractivity contribution is 5.84. The van der Waals surface area contributed by atoms with E-state index in [1.165, 1.54) is 6.07 Å². The molecule has 0 unspecified atom stereocenters. The topological polar surface area (TPSA) is 77.1 Å². The lowest BCUT2D eigenvalue weighted by Gasteiger charge is -2.32. The Morgan fingerprint density at radius 3 is 2.41 bits per heavy atom. The van der Waals surface area contributed by atoms with E-state index in [0.29, 0.717) is 18.8 Å². The second kappa shape index (κ2) is 9.01. The van der Waals surface area contributed by atoms with Crippen molar-refractivity contribution in [3.05, 3.63) is 29.6 Å². The van der Waals surface area contributed by atoms with Gasteiger partial charge in [0.25, 0.3) is 0 Å². The number of benzene rings is 1. The maximum Gasteiger partial charge on any atom is 0.410 e. The third kappa shape index (κ3) is 6.08. The third-order valence-electron chi connectivity index (χ3n) is 5.45. The molecule has 1 heterocycles. The molecule has 0 radical (unpaired) electrons. The van der Waals surface area contributed by atoms with Crippen LogP contribution in [0.1, 0.15) is 70.8 Å². The van der Waals surface area contributed by atoms with Gasteiger partial charge in [-0.3, -0.25) is 0 Å². The fourth-order valence-electron chi connectivity index (χ4n) is 3.85. The van der Waals surface area contributed by atoms with Gasteiger partial charge < -0.3 is 20.2 Å². The van der Waals surface area contributed by atoms with Gasteiger partial charge >= 0.3 is 6.09 Å². The quantitative estimate of drug-likeness (QED) is 0.577. The van der Waals surface area contributed by atoms with Gasteiger partial charge in [0.05, 0.1) is 5.71 Å². The van der Waals surface area contributed by atoms with Crippen LogP contribution in [0.3, 0.4) is 0 Å². The molecule has 1 aromatic rings. The Balaban J connectivity index is 1.43. The molecule has 1 aliphatic carbocycles. The van der Waals surface area contributed by atoms with Gasteiger partial charge in [-0.1, -0.05) is 11.2 Å². The number of amides is 1. The van der Waals surface area contributed by atoms with Crippen molar-refractivity contribution < 1.29 is 18.8 Å². The average Bonchev–Trinajstić information content (AvgIpc) is 2.66. The molecule has 160 valence electrons. The summed E-state index contributed by atoms with van der Waals surface area (Å²) in [5.41, 5.74) is 7.39. The number of carbonyl (C=O) groups excluding carboxylic acids is 1. The number of likely N-dealkylation sites (tertiary alicyclic amines) is 1. The highest BCUT2D eigenvalue weighted by Crippen LogP contribution is 2.34. The third-order valence-corrected chi connectivity index (χ3v) is 5.45. The van der Waals surface area contributed by atoms with Gasteiger partial charge in [0, 0.05) is 31.6 Å². The first kappa shape index (κ1) is 21.4. The summed E-state index contributed by atoms with van der Waals surface area (Å²) in [5, 5.41) is 4.37. The molecule has 3 rings (SSSR count). The Hall–Kier alpha value is -2.31. The number of nitrogen functional groups attached to an aromatic ring is 1. The summed E-state index contributed by atoms with van der Waals surface area (Å²) in [6.07, 6.45) is 4.59. The van der Waals surface area contributed by atoms with E-state index in [2.05, 4.69) is 5.16 Å². The molecular formula is C22H32FN3O3. The molecule has 7 heteroatoms. The molecule has 0 bridgehead atoms. The summed E-state index contributed by atoms with van der Waals surface area (Å²) in [6.45, 7) is 6.83. The Morgan fingerprint density at radius 1 is 1.17 bits per heavy atom. The molecule has 0 aromatic heterocycles. The van der Waals surface area contributed by atoms with Gasteiger partial charge in [0.15, 0.2) is 0 Å². The van der Waals surface area contributed by atoms with Crippen LogP contribution in [0.4, 0.5) is 14.9 Å². The Bertz CT molecular complexity index is 742. The summed E-state index contributed by atoms with van der Waals surface area (Å²) in [4.78, 5) is 19.6. The molecule has 2 fully saturated rings. The summed E-state index contributed by atoms with van der Waals surface area (Å²) in [6, 6.07) is 4.95. The van der Waals surface area contributed by atoms with Crippen LogP contribution in [0.5, 0.6) is 0 Å². The molecule has 6 nitrogen and oxygen atoms in total. The van der Waals surface area contributed by atoms with Crippen LogP contribution >= 0.6 is 0 Å². The number of halogens is 1. The van der Waals surface area contributed by atoms with Crippen molar-refractivity contribution in [3.8, 4) is 0 Å². The number of anilines is 1. The van der Waals surface area contributed by atoms with Crippen LogP contribution < -0.4 is 5.73 Å². The number of ether oxygens (including phenoxy) is 1. The van der Waals surface area contributed by atoms with Crippen molar-refractivity contribution in [2.75, 3.05) is 18.8 Å². The van der Waals surface area contributed by atoms with E-state index in [4.69, 9.17) is 15.3 Å². The highest BCUT2D eigenvalue weighted by atomic mass is 19.1. The van der Waals surface area contributed by atoms with Crippen molar-refractivity contribution >= 4 is 17.5 Å². The smallest absolute Gasteiger partial charge is 0.410 e. The molecule has 2 aliphatic rings. The maximum atomic E-state index is 14.1. The van der Waals surface area contributed by atoms with E-state index in [0.717, 1.165) is 49.8 Å². The molecule has 29 heavy (non-hydrogen) atoms. The van der Waals surface area contributed by atoms with Gasteiger partial charge in [-0.05, 0) is 70.1 Å². The number of nitrogens with zero attached hydrogens (tertiary/aromatic N) is 2. The minimum Gasteiger partial charge on any atom is -0.444 e. The number of hydrogen-bond donors (Lipinski definition) is 1. The van der Waals surface area contributed by atoms with Crippen LogP contribution in [-0.4, -0.2) is 41.5 Å². The van der Waals surface area contributed by atoms with E-state index >= 15 is 0 Å². The van der Waals surface area contributed by atoms with Crippen molar-refractivity contribution in [1.82, 2.24) is 4.90 Å². The summed E-state index contributed by atoms with van der Waals surface area (Å²) in [5.74, 6) is -0.0185. The first-order valence-corrected chi connectivity index (χ1v) is 10.5. The predicted octanol–water partition coefficient (Wildman–Crippen LogP) is 4.84. The van der Waals surface area contributed by atoms with E-state index in [1.807, 2.05) is 20.8 Å². The Labute approximate surface area is 172 Å². The molecule has 2 N–H and O–H groups in total. The monoisotopic (exact) mass is 405 g/mol. The van der Waals surface area contributed by atoms with Gasteiger partial charge in [-0.2, -0.15) is 0 Å². The van der Waals surface area contributed by atoms with E-state index in [9.17, 15) is 9.18 Å². The molecule has 1 aliphatic heterocycles. The van der Waals surface area contributed by atoms with Gasteiger partial charge in [-0.25, -0.2) is 9.18 Å². The number of rotatable bonds is 3. The number of hydrogen-bond acceptors (Lipinski definition) is 5. The molecular weight excluding hydrogens is 373 g/mol. The van der Waals surface area contributed by atoms with Crippen molar-refractivity contribution in [3.63, 3.8) is 0 Å². The lowest BCUT2D eigenvalue weighted by Crippen LogP contribution is -2.43. The first-order chi connectivity index (χ1) is 13.7. The largest absolute Gasteiger partial charge is 0.444 e. The van der Waals surface area contributed by atoms with Crippen LogP contribution in [0.25, 0.3) is 0 Å². The maximum absolute atomic E-state index is 14.1. The SMILES string of the molecule is CC(C)(C)OC(=O)N1CCC(ON=C2CCC(c3ccc(N)cc3F)CC2)CC1. The second-order valence-electron chi connectivity index (χ2n) is 8.98. The molecule has 1 amide bonds. The van der Waals surface area contributed by atoms with Crippen molar-refractivity contribution in [2.45, 2.75) is 76.9 Å². The number of oxime groups is 1. The molecule has 1 saturated carbocycles. The zero-order valence-corrected chi connectivity index (χ0v) is 17.6. The van der Waals surface area contributed by atoms with Crippen LogP contribution in [0.2, 0.25) is 0 Å². The van der Waals surface area contributed by atoms with E-state index in [-0.39, 0.29) is 23.9 Å². The summed E-state index contributed by atoms with van der Waals surface area (Å²) in [7, 11) is 0. The first-order valence-electron chi connectivity index (χ1n) is 10.5. The molecule has 0 spiro atoms.